The van der Waals surface area contributed by atoms with E-state index < -0.39 is 6.10 Å². The molecule has 1 N–H and O–H groups in total. The van der Waals surface area contributed by atoms with E-state index in [9.17, 15) is 14.7 Å². The molecule has 0 unspecified atom stereocenters. The average Bonchev–Trinajstić information content (AvgIpc) is 2.89. The summed E-state index contributed by atoms with van der Waals surface area (Å²) >= 11 is 4.11. The van der Waals surface area contributed by atoms with Crippen LogP contribution in [0, 0.1) is 11.8 Å². The zero-order valence-corrected chi connectivity index (χ0v) is 25.3. The number of ketones is 1. The molecule has 0 heterocycles. The van der Waals surface area contributed by atoms with E-state index in [0.717, 1.165) is 49.8 Å². The molecule has 0 radical (unpaired) electrons. The number of esters is 1. The van der Waals surface area contributed by atoms with Gasteiger partial charge in [-0.25, -0.2) is 0 Å². The van der Waals surface area contributed by atoms with Crippen LogP contribution in [0.25, 0.3) is 0 Å². The molecule has 4 atom stereocenters. The molecule has 5 nitrogen and oxygen atoms in total. The van der Waals surface area contributed by atoms with E-state index in [1.165, 1.54) is 0 Å². The van der Waals surface area contributed by atoms with Crippen LogP contribution < -0.4 is 0 Å². The van der Waals surface area contributed by atoms with E-state index >= 15 is 0 Å². The molecule has 0 bridgehead atoms. The molecule has 0 saturated heterocycles. The Morgan fingerprint density at radius 3 is 2.16 bits per heavy atom. The van der Waals surface area contributed by atoms with Gasteiger partial charge in [0.05, 0.1) is 11.8 Å². The highest BCUT2D eigenvalue weighted by atomic mass is 32.1. The molecule has 220 valence electrons. The van der Waals surface area contributed by atoms with Crippen LogP contribution >= 0.6 is 12.6 Å². The van der Waals surface area contributed by atoms with E-state index in [1.807, 2.05) is 40.7 Å². The minimum Gasteiger partial charge on any atom is -0.457 e. The van der Waals surface area contributed by atoms with Gasteiger partial charge in [0.25, 0.3) is 0 Å². The number of carbonyl (C=O) groups is 2. The second-order valence-corrected chi connectivity index (χ2v) is 9.64. The lowest BCUT2D eigenvalue weighted by atomic mass is 9.87. The number of carbonyl (C=O) groups excluding carboxylic acids is 2. The Morgan fingerprint density at radius 2 is 1.66 bits per heavy atom. The molecule has 0 fully saturated rings. The van der Waals surface area contributed by atoms with Gasteiger partial charge in [0.1, 0.15) is 11.9 Å². The molecule has 0 aromatic carbocycles. The molecule has 0 aliphatic heterocycles. The van der Waals surface area contributed by atoms with Crippen molar-refractivity contribution in [1.82, 2.24) is 0 Å². The Kier molecular flexibility index (Phi) is 28.5. The fourth-order valence-electron chi connectivity index (χ4n) is 3.48. The van der Waals surface area contributed by atoms with E-state index in [0.29, 0.717) is 19.3 Å². The number of hydrogen-bond acceptors (Lipinski definition) is 6. The molecule has 38 heavy (non-hydrogen) atoms. The number of allylic oxidation sites excluding steroid dienone is 3. The van der Waals surface area contributed by atoms with Crippen molar-refractivity contribution in [2.45, 2.75) is 126 Å². The number of ether oxygens (including phenoxy) is 1. The van der Waals surface area contributed by atoms with E-state index in [2.05, 4.69) is 50.2 Å². The molecular formula is C32H57NO4S. The molecule has 0 saturated carbocycles. The standard InChI is InChI=1S/C16H25NO2S.C15H28O2.CH4/c1-5-8-10-16(18)19-15(9-6-2)13(4)11-14(12-20)17-7-3;1-5-7-9-10-12(3)15(17)13(4)14(16)11-8-6-2;/h6-7,11-12,15,20H,2,5,8-10H2,1,3-4H3;7,9,12-13,15,17H,5-6,8,10-11H2,1-4H3;1H4/b13-11+,14-12-,17-7?;9-7+;/t15-;12-,13-,15-;/m00./s1. The number of aliphatic hydroxyl groups is 1. The third-order valence-electron chi connectivity index (χ3n) is 5.97. The molecule has 0 aromatic rings. The van der Waals surface area contributed by atoms with Gasteiger partial charge in [-0.1, -0.05) is 73.1 Å². The fraction of sp³-hybridized carbons (Fsp3) is 0.656. The van der Waals surface area contributed by atoms with Gasteiger partial charge >= 0.3 is 5.97 Å². The van der Waals surface area contributed by atoms with Crippen LogP contribution in [-0.4, -0.2) is 35.3 Å². The molecule has 0 aliphatic rings. The summed E-state index contributed by atoms with van der Waals surface area (Å²) < 4.78 is 5.50. The number of aliphatic imine (C=N–C) groups is 1. The average molecular weight is 552 g/mol. The first-order chi connectivity index (χ1) is 17.6. The lowest BCUT2D eigenvalue weighted by molar-refractivity contribution is -0.147. The monoisotopic (exact) mass is 551 g/mol. The predicted octanol–water partition coefficient (Wildman–Crippen LogP) is 8.84. The number of unbranched alkanes of at least 4 members (excludes halogenated alkanes) is 2. The lowest BCUT2D eigenvalue weighted by Crippen LogP contribution is -2.31. The van der Waals surface area contributed by atoms with Crippen molar-refractivity contribution in [2.75, 3.05) is 0 Å². The summed E-state index contributed by atoms with van der Waals surface area (Å²) in [5, 5.41) is 11.7. The highest BCUT2D eigenvalue weighted by molar-refractivity contribution is 7.83. The molecule has 0 aliphatic carbocycles. The largest absolute Gasteiger partial charge is 0.457 e. The first kappa shape index (κ1) is 40.6. The summed E-state index contributed by atoms with van der Waals surface area (Å²) in [5.41, 5.74) is 1.66. The summed E-state index contributed by atoms with van der Waals surface area (Å²) in [5.74, 6) is -0.0440. The number of thiol groups is 1. The number of rotatable bonds is 18. The number of Topliss-reactive ketones (excluding diaryl/α,β-unsaturated/α-hetero) is 1. The minimum absolute atomic E-state index is 0. The van der Waals surface area contributed by atoms with Gasteiger partial charge < -0.3 is 9.84 Å². The SMILES string of the molecule is C.C=CC[C@H](OC(=O)CCCC)/C(C)=C/C(=C/S)N=CC.CC/C=C/C[C@H](C)[C@H](O)[C@@H](C)C(=O)CCCC. The van der Waals surface area contributed by atoms with Gasteiger partial charge in [0, 0.05) is 31.4 Å². The van der Waals surface area contributed by atoms with Crippen LogP contribution in [-0.2, 0) is 14.3 Å². The number of nitrogens with zero attached hydrogens (tertiary/aromatic N) is 1. The van der Waals surface area contributed by atoms with E-state index in [4.69, 9.17) is 4.74 Å². The van der Waals surface area contributed by atoms with Gasteiger partial charge in [-0.2, -0.15) is 0 Å². The predicted molar refractivity (Wildman–Crippen MR) is 169 cm³/mol. The van der Waals surface area contributed by atoms with Crippen LogP contribution in [0.1, 0.15) is 114 Å². The molecule has 0 amide bonds. The van der Waals surface area contributed by atoms with Gasteiger partial charge in [-0.05, 0) is 62.5 Å². The van der Waals surface area contributed by atoms with Gasteiger partial charge in [0.2, 0.25) is 0 Å². The van der Waals surface area contributed by atoms with Crippen LogP contribution in [0.2, 0.25) is 0 Å². The van der Waals surface area contributed by atoms with Crippen molar-refractivity contribution in [3.05, 3.63) is 47.6 Å². The smallest absolute Gasteiger partial charge is 0.306 e. The molecule has 6 heteroatoms. The summed E-state index contributed by atoms with van der Waals surface area (Å²) in [6, 6.07) is 0. The maximum absolute atomic E-state index is 11.8. The highest BCUT2D eigenvalue weighted by Gasteiger charge is 2.25. The second kappa shape index (κ2) is 26.7. The summed E-state index contributed by atoms with van der Waals surface area (Å²) in [4.78, 5) is 27.7. The third kappa shape index (κ3) is 20.1. The van der Waals surface area contributed by atoms with Crippen molar-refractivity contribution in [3.8, 4) is 0 Å². The van der Waals surface area contributed by atoms with Crippen molar-refractivity contribution in [1.29, 1.82) is 0 Å². The van der Waals surface area contributed by atoms with Crippen molar-refractivity contribution in [2.24, 2.45) is 16.8 Å². The van der Waals surface area contributed by atoms with Crippen LogP contribution in [0.5, 0.6) is 0 Å². The van der Waals surface area contributed by atoms with Crippen molar-refractivity contribution >= 4 is 30.6 Å². The lowest BCUT2D eigenvalue weighted by Gasteiger charge is -2.23. The Balaban J connectivity index is -0.000000636. The maximum Gasteiger partial charge on any atom is 0.306 e. The first-order valence-electron chi connectivity index (χ1n) is 13.8. The van der Waals surface area contributed by atoms with Crippen LogP contribution in [0.3, 0.4) is 0 Å². The Hall–Kier alpha value is -1.92. The van der Waals surface area contributed by atoms with E-state index in [-0.39, 0.29) is 37.1 Å². The number of aliphatic hydroxyl groups excluding tert-OH is 1. The van der Waals surface area contributed by atoms with Gasteiger partial charge in [-0.15, -0.1) is 19.2 Å². The maximum atomic E-state index is 11.8. The van der Waals surface area contributed by atoms with Gasteiger partial charge in [0.15, 0.2) is 0 Å². The Morgan fingerprint density at radius 1 is 1.05 bits per heavy atom. The third-order valence-corrected chi connectivity index (χ3v) is 6.24. The topological polar surface area (TPSA) is 76.0 Å². The normalized spacial score (nSPS) is 15.2. The molecule has 0 aromatic heterocycles. The minimum atomic E-state index is -0.513. The van der Waals surface area contributed by atoms with E-state index in [1.54, 1.807) is 17.7 Å². The zero-order chi connectivity index (χ0) is 28.6. The quantitative estimate of drug-likeness (QED) is 0.0586. The summed E-state index contributed by atoms with van der Waals surface area (Å²) in [6.45, 7) is 17.5. The van der Waals surface area contributed by atoms with Crippen LogP contribution in [0.15, 0.2) is 52.6 Å². The molecular weight excluding hydrogens is 494 g/mol. The highest BCUT2D eigenvalue weighted by Crippen LogP contribution is 2.20. The first-order valence-corrected chi connectivity index (χ1v) is 14.3. The van der Waals surface area contributed by atoms with Gasteiger partial charge in [-0.3, -0.25) is 14.6 Å². The number of hydrogen-bond donors (Lipinski definition) is 2. The molecule has 0 spiro atoms. The van der Waals surface area contributed by atoms with Crippen molar-refractivity contribution < 1.29 is 19.4 Å². The zero-order valence-electron chi connectivity index (χ0n) is 24.4. The summed E-state index contributed by atoms with van der Waals surface area (Å²) in [6.07, 6.45) is 16.0. The van der Waals surface area contributed by atoms with Crippen LogP contribution in [0.4, 0.5) is 0 Å². The Bertz CT molecular complexity index is 755. The second-order valence-electron chi connectivity index (χ2n) is 9.38. The fourth-order valence-corrected chi connectivity index (χ4v) is 3.62. The molecule has 0 rings (SSSR count). The summed E-state index contributed by atoms with van der Waals surface area (Å²) in [7, 11) is 0. The Labute approximate surface area is 240 Å². The van der Waals surface area contributed by atoms with Crippen molar-refractivity contribution in [3.63, 3.8) is 0 Å².